The molecule has 0 atom stereocenters. The number of rotatable bonds is 4. The first-order chi connectivity index (χ1) is 13.5. The average Bonchev–Trinajstić information content (AvgIpc) is 3.06. The van der Waals surface area contributed by atoms with Gasteiger partial charge in [-0.3, -0.25) is 5.32 Å². The van der Waals surface area contributed by atoms with E-state index in [9.17, 15) is 4.79 Å². The highest BCUT2D eigenvalue weighted by molar-refractivity contribution is 6.34. The average molecular weight is 431 g/mol. The van der Waals surface area contributed by atoms with Crippen molar-refractivity contribution in [3.8, 4) is 5.69 Å². The smallest absolute Gasteiger partial charge is 0.302 e. The summed E-state index contributed by atoms with van der Waals surface area (Å²) in [5.41, 5.74) is 3.33. The molecule has 0 saturated carbocycles. The fraction of sp³-hybridized carbons (Fsp3) is 0.0455. The standard InChI is InChI=1S/C22H15Cl3N2O/c23-16-5-7-19(8-6-16)27-20-4-2-1-3-15(20)11-21(27)22(28)26-13-14-9-17(24)12-18(25)10-14/h1-12H,13H2,(H,26,28)/p+1. The van der Waals surface area contributed by atoms with Gasteiger partial charge in [0.2, 0.25) is 0 Å². The Morgan fingerprint density at radius 1 is 0.821 bits per heavy atom. The zero-order valence-corrected chi connectivity index (χ0v) is 17.0. The molecule has 0 aliphatic carbocycles. The highest BCUT2D eigenvalue weighted by atomic mass is 35.5. The summed E-state index contributed by atoms with van der Waals surface area (Å²) < 4.78 is 1.95. The van der Waals surface area contributed by atoms with Crippen molar-refractivity contribution in [2.45, 2.75) is 6.54 Å². The third-order valence-corrected chi connectivity index (χ3v) is 5.18. The molecule has 28 heavy (non-hydrogen) atoms. The van der Waals surface area contributed by atoms with Crippen molar-refractivity contribution in [3.05, 3.63) is 99.1 Å². The summed E-state index contributed by atoms with van der Waals surface area (Å²) in [5, 5.41) is 4.41. The van der Waals surface area contributed by atoms with Gasteiger partial charge in [0, 0.05) is 31.7 Å². The molecule has 1 amide bonds. The largest absolute Gasteiger partial charge is 0.359 e. The summed E-state index contributed by atoms with van der Waals surface area (Å²) in [6.07, 6.45) is 0. The van der Waals surface area contributed by atoms with E-state index >= 15 is 0 Å². The van der Waals surface area contributed by atoms with Crippen molar-refractivity contribution in [1.29, 1.82) is 0 Å². The van der Waals surface area contributed by atoms with Gasteiger partial charge < -0.3 is 4.57 Å². The Morgan fingerprint density at radius 3 is 2.21 bits per heavy atom. The van der Waals surface area contributed by atoms with E-state index in [2.05, 4.69) is 0 Å². The van der Waals surface area contributed by atoms with E-state index in [1.165, 1.54) is 0 Å². The molecule has 0 saturated heterocycles. The van der Waals surface area contributed by atoms with Gasteiger partial charge in [-0.05, 0) is 54.6 Å². The van der Waals surface area contributed by atoms with Crippen LogP contribution in [-0.4, -0.2) is 10.5 Å². The second kappa shape index (κ2) is 7.98. The van der Waals surface area contributed by atoms with Gasteiger partial charge in [0.15, 0.2) is 5.69 Å². The number of halogens is 3. The topological polar surface area (TPSA) is 38.6 Å². The Hall–Kier alpha value is -2.30. The summed E-state index contributed by atoms with van der Waals surface area (Å²) in [7, 11) is 0. The zero-order valence-electron chi connectivity index (χ0n) is 14.7. The minimum atomic E-state index is -0.0674. The van der Waals surface area contributed by atoms with Gasteiger partial charge in [-0.25, -0.2) is 4.79 Å². The molecule has 1 aromatic heterocycles. The van der Waals surface area contributed by atoms with E-state index in [1.807, 2.05) is 71.3 Å². The Morgan fingerprint density at radius 2 is 1.50 bits per heavy atom. The number of carbonyl (C=O) groups is 1. The van der Waals surface area contributed by atoms with E-state index in [0.29, 0.717) is 27.3 Å². The number of para-hydroxylation sites is 1. The zero-order chi connectivity index (χ0) is 19.7. The number of nitrogens with two attached hydrogens (primary N) is 1. The van der Waals surface area contributed by atoms with Crippen molar-refractivity contribution in [2.75, 3.05) is 0 Å². The molecule has 140 valence electrons. The minimum absolute atomic E-state index is 0.0674. The molecule has 0 aliphatic rings. The molecule has 4 aromatic rings. The van der Waals surface area contributed by atoms with Gasteiger partial charge in [0.25, 0.3) is 0 Å². The second-order valence-corrected chi connectivity index (χ2v) is 7.76. The van der Waals surface area contributed by atoms with Crippen LogP contribution in [0.5, 0.6) is 0 Å². The van der Waals surface area contributed by atoms with Crippen molar-refractivity contribution < 1.29 is 10.1 Å². The summed E-state index contributed by atoms with van der Waals surface area (Å²) >= 11 is 18.1. The van der Waals surface area contributed by atoms with Crippen LogP contribution in [0, 0.1) is 0 Å². The Kier molecular flexibility index (Phi) is 5.42. The first kappa shape index (κ1) is 19.0. The maximum atomic E-state index is 13.1. The van der Waals surface area contributed by atoms with Gasteiger partial charge in [-0.15, -0.1) is 0 Å². The monoisotopic (exact) mass is 429 g/mol. The number of hydrogen-bond acceptors (Lipinski definition) is 1. The first-order valence-electron chi connectivity index (χ1n) is 8.70. The van der Waals surface area contributed by atoms with Crippen molar-refractivity contribution in [2.24, 2.45) is 0 Å². The van der Waals surface area contributed by atoms with E-state index < -0.39 is 0 Å². The third-order valence-electron chi connectivity index (χ3n) is 4.49. The normalized spacial score (nSPS) is 11.1. The van der Waals surface area contributed by atoms with Gasteiger partial charge in [-0.1, -0.05) is 53.0 Å². The van der Waals surface area contributed by atoms with Crippen LogP contribution in [0.4, 0.5) is 0 Å². The third kappa shape index (κ3) is 3.94. The quantitative estimate of drug-likeness (QED) is 0.456. The number of primary amides is 1. The van der Waals surface area contributed by atoms with Crippen LogP contribution in [0.3, 0.4) is 0 Å². The predicted molar refractivity (Wildman–Crippen MR) is 115 cm³/mol. The molecular formula is C22H16Cl3N2O+. The number of aromatic nitrogens is 1. The molecule has 0 unspecified atom stereocenters. The number of benzene rings is 3. The van der Waals surface area contributed by atoms with Gasteiger partial charge >= 0.3 is 5.91 Å². The lowest BCUT2D eigenvalue weighted by Gasteiger charge is -2.09. The maximum absolute atomic E-state index is 13.1. The maximum Gasteiger partial charge on any atom is 0.359 e. The Labute approximate surface area is 177 Å². The van der Waals surface area contributed by atoms with Crippen LogP contribution in [-0.2, 0) is 6.54 Å². The fourth-order valence-electron chi connectivity index (χ4n) is 3.25. The van der Waals surface area contributed by atoms with Crippen LogP contribution in [0.15, 0.2) is 72.8 Å². The molecule has 0 bridgehead atoms. The number of fused-ring (bicyclic) bond motifs is 1. The highest BCUT2D eigenvalue weighted by Gasteiger charge is 2.20. The highest BCUT2D eigenvalue weighted by Crippen LogP contribution is 2.25. The van der Waals surface area contributed by atoms with E-state index in [4.69, 9.17) is 34.8 Å². The number of quaternary nitrogens is 1. The SMILES string of the molecule is O=C([NH2+]Cc1cc(Cl)cc(Cl)c1)c1cc2ccccc2n1-c1ccc(Cl)cc1. The molecule has 2 N–H and O–H groups in total. The van der Waals surface area contributed by atoms with Crippen molar-refractivity contribution in [1.82, 2.24) is 4.57 Å². The molecule has 6 heteroatoms. The molecule has 0 spiro atoms. The van der Waals surface area contributed by atoms with Crippen molar-refractivity contribution >= 4 is 51.6 Å². The number of carbonyl (C=O) groups excluding carboxylic acids is 1. The summed E-state index contributed by atoms with van der Waals surface area (Å²) in [6, 6.07) is 22.6. The minimum Gasteiger partial charge on any atom is -0.302 e. The molecule has 0 radical (unpaired) electrons. The lowest BCUT2D eigenvalue weighted by molar-refractivity contribution is -0.572. The van der Waals surface area contributed by atoms with Crippen LogP contribution in [0.25, 0.3) is 16.6 Å². The van der Waals surface area contributed by atoms with Crippen LogP contribution >= 0.6 is 34.8 Å². The summed E-state index contributed by atoms with van der Waals surface area (Å²) in [4.78, 5) is 13.1. The molecule has 0 fully saturated rings. The van der Waals surface area contributed by atoms with E-state index in [0.717, 1.165) is 22.2 Å². The van der Waals surface area contributed by atoms with Gasteiger partial charge in [-0.2, -0.15) is 0 Å². The number of nitrogens with zero attached hydrogens (tertiary/aromatic N) is 1. The lowest BCUT2D eigenvalue weighted by Crippen LogP contribution is -2.86. The van der Waals surface area contributed by atoms with Crippen molar-refractivity contribution in [3.63, 3.8) is 0 Å². The second-order valence-electron chi connectivity index (χ2n) is 6.45. The molecule has 4 rings (SSSR count). The Balaban J connectivity index is 1.70. The predicted octanol–water partition coefficient (Wildman–Crippen LogP) is 5.49. The van der Waals surface area contributed by atoms with E-state index in [-0.39, 0.29) is 5.91 Å². The van der Waals surface area contributed by atoms with E-state index in [1.54, 1.807) is 11.4 Å². The molecular weight excluding hydrogens is 415 g/mol. The molecule has 3 nitrogen and oxygen atoms in total. The molecule has 1 heterocycles. The Bertz CT molecular complexity index is 1150. The van der Waals surface area contributed by atoms with Crippen LogP contribution < -0.4 is 5.32 Å². The molecule has 0 aliphatic heterocycles. The van der Waals surface area contributed by atoms with Crippen LogP contribution in [0.2, 0.25) is 15.1 Å². The lowest BCUT2D eigenvalue weighted by atomic mass is 10.2. The number of hydrogen-bond donors (Lipinski definition) is 1. The first-order valence-corrected chi connectivity index (χ1v) is 9.83. The fourth-order valence-corrected chi connectivity index (χ4v) is 3.95. The van der Waals surface area contributed by atoms with Crippen LogP contribution in [0.1, 0.15) is 16.1 Å². The van der Waals surface area contributed by atoms with Gasteiger partial charge in [0.1, 0.15) is 6.54 Å². The number of amides is 1. The molecule has 3 aromatic carbocycles. The summed E-state index contributed by atoms with van der Waals surface area (Å²) in [6.45, 7) is 0.446. The summed E-state index contributed by atoms with van der Waals surface area (Å²) in [5.74, 6) is -0.0674. The van der Waals surface area contributed by atoms with Gasteiger partial charge in [0.05, 0.1) is 5.52 Å².